The summed E-state index contributed by atoms with van der Waals surface area (Å²) in [6.45, 7) is 4.41. The highest BCUT2D eigenvalue weighted by atomic mass is 127. The third-order valence-corrected chi connectivity index (χ3v) is 4.30. The first-order chi connectivity index (χ1) is 11.6. The van der Waals surface area contributed by atoms with Gasteiger partial charge in [0.25, 0.3) is 0 Å². The van der Waals surface area contributed by atoms with Gasteiger partial charge in [-0.15, -0.1) is 35.7 Å². The lowest BCUT2D eigenvalue weighted by Gasteiger charge is -2.22. The molecule has 25 heavy (non-hydrogen) atoms. The van der Waals surface area contributed by atoms with Crippen LogP contribution in [0.4, 0.5) is 0 Å². The third-order valence-electron chi connectivity index (χ3n) is 3.55. The van der Waals surface area contributed by atoms with Crippen molar-refractivity contribution in [2.24, 2.45) is 4.99 Å². The third kappa shape index (κ3) is 9.94. The van der Waals surface area contributed by atoms with Crippen LogP contribution in [0.1, 0.15) is 31.7 Å². The number of carbonyl (C=O) groups excluding carboxylic acids is 1. The lowest BCUT2D eigenvalue weighted by molar-refractivity contribution is -0.140. The van der Waals surface area contributed by atoms with Gasteiger partial charge in [0.1, 0.15) is 0 Å². The first-order valence-electron chi connectivity index (χ1n) is 8.29. The summed E-state index contributed by atoms with van der Waals surface area (Å²) in [5.74, 6) is 0.737. The quantitative estimate of drug-likeness (QED) is 0.146. The lowest BCUT2D eigenvalue weighted by atomic mass is 10.2. The largest absolute Gasteiger partial charge is 0.469 e. The van der Waals surface area contributed by atoms with Crippen LogP contribution in [-0.2, 0) is 16.1 Å². The number of unbranched alkanes of at least 4 members (excludes halogenated alkanes) is 1. The minimum absolute atomic E-state index is 0. The van der Waals surface area contributed by atoms with E-state index in [0.29, 0.717) is 13.0 Å². The van der Waals surface area contributed by atoms with E-state index in [4.69, 9.17) is 0 Å². The molecule has 0 atom stereocenters. The van der Waals surface area contributed by atoms with Crippen molar-refractivity contribution in [1.29, 1.82) is 0 Å². The van der Waals surface area contributed by atoms with Crippen LogP contribution in [0, 0.1) is 0 Å². The van der Waals surface area contributed by atoms with Gasteiger partial charge in [-0.1, -0.05) is 12.1 Å². The first-order valence-corrected chi connectivity index (χ1v) is 9.52. The summed E-state index contributed by atoms with van der Waals surface area (Å²) >= 11 is 1.75. The van der Waals surface area contributed by atoms with Crippen LogP contribution in [0.25, 0.3) is 0 Å². The number of benzene rings is 1. The number of nitrogens with one attached hydrogen (secondary N) is 1. The second-order valence-electron chi connectivity index (χ2n) is 5.47. The Morgan fingerprint density at radius 1 is 1.28 bits per heavy atom. The molecule has 0 aromatic heterocycles. The van der Waals surface area contributed by atoms with Gasteiger partial charge in [-0.25, -0.2) is 0 Å². The Morgan fingerprint density at radius 3 is 2.52 bits per heavy atom. The topological polar surface area (TPSA) is 53.9 Å². The number of thioether (sulfide) groups is 1. The summed E-state index contributed by atoms with van der Waals surface area (Å²) in [4.78, 5) is 19.1. The normalized spacial score (nSPS) is 10.8. The Hall–Kier alpha value is -0.960. The molecular weight excluding hydrogens is 449 g/mol. The van der Waals surface area contributed by atoms with Crippen LogP contribution in [0.15, 0.2) is 34.2 Å². The van der Waals surface area contributed by atoms with E-state index in [0.717, 1.165) is 31.9 Å². The average molecular weight is 479 g/mol. The molecule has 0 bridgehead atoms. The highest BCUT2D eigenvalue weighted by Gasteiger charge is 2.06. The highest BCUT2D eigenvalue weighted by molar-refractivity contribution is 14.0. The predicted octanol–water partition coefficient (Wildman–Crippen LogP) is 3.77. The average Bonchev–Trinajstić information content (AvgIpc) is 2.60. The Balaban J connectivity index is 0.00000576. The van der Waals surface area contributed by atoms with Gasteiger partial charge in [-0.3, -0.25) is 9.79 Å². The molecule has 142 valence electrons. The smallest absolute Gasteiger partial charge is 0.305 e. The maximum atomic E-state index is 11.1. The zero-order valence-electron chi connectivity index (χ0n) is 15.6. The standard InChI is InChI=1S/C18H29N3O2S.HI/c1-5-19-18(20-13-7-6-8-17(22)23-3)21(2)14-15-9-11-16(24-4)12-10-15;/h9-12H,5-8,13-14H2,1-4H3,(H,19,20);1H. The van der Waals surface area contributed by atoms with Crippen molar-refractivity contribution in [1.82, 2.24) is 10.2 Å². The number of ether oxygens (including phenoxy) is 1. The van der Waals surface area contributed by atoms with Gasteiger partial charge in [0.15, 0.2) is 5.96 Å². The number of rotatable bonds is 9. The summed E-state index contributed by atoms with van der Waals surface area (Å²) in [5, 5.41) is 3.32. The molecule has 1 N–H and O–H groups in total. The Bertz CT molecular complexity index is 524. The molecule has 0 heterocycles. The SMILES string of the molecule is CCNC(=NCCCCC(=O)OC)N(C)Cc1ccc(SC)cc1.I. The number of methoxy groups -OCH3 is 1. The molecule has 0 radical (unpaired) electrons. The van der Waals surface area contributed by atoms with Gasteiger partial charge in [0, 0.05) is 38.0 Å². The number of aliphatic imine (C=N–C) groups is 1. The number of hydrogen-bond donors (Lipinski definition) is 1. The number of carbonyl (C=O) groups is 1. The number of guanidine groups is 1. The monoisotopic (exact) mass is 479 g/mol. The summed E-state index contributed by atoms with van der Waals surface area (Å²) in [7, 11) is 3.46. The van der Waals surface area contributed by atoms with Gasteiger partial charge >= 0.3 is 5.97 Å². The number of halogens is 1. The van der Waals surface area contributed by atoms with E-state index < -0.39 is 0 Å². The highest BCUT2D eigenvalue weighted by Crippen LogP contribution is 2.15. The molecule has 0 fully saturated rings. The van der Waals surface area contributed by atoms with E-state index >= 15 is 0 Å². The molecule has 1 aromatic carbocycles. The molecule has 0 aliphatic heterocycles. The second-order valence-corrected chi connectivity index (χ2v) is 6.35. The Labute approximate surface area is 173 Å². The van der Waals surface area contributed by atoms with E-state index in [1.807, 2.05) is 7.05 Å². The molecule has 1 rings (SSSR count). The zero-order valence-corrected chi connectivity index (χ0v) is 18.7. The molecule has 7 heteroatoms. The molecule has 0 amide bonds. The summed E-state index contributed by atoms with van der Waals surface area (Å²) < 4.78 is 4.64. The molecule has 0 spiro atoms. The van der Waals surface area contributed by atoms with E-state index in [9.17, 15) is 4.79 Å². The van der Waals surface area contributed by atoms with Crippen molar-refractivity contribution in [2.45, 2.75) is 37.6 Å². The van der Waals surface area contributed by atoms with Crippen LogP contribution in [-0.4, -0.2) is 50.3 Å². The van der Waals surface area contributed by atoms with Crippen molar-refractivity contribution in [3.05, 3.63) is 29.8 Å². The second kappa shape index (κ2) is 14.2. The van der Waals surface area contributed by atoms with Crippen molar-refractivity contribution >= 4 is 47.7 Å². The first kappa shape index (κ1) is 24.0. The molecule has 0 aliphatic rings. The fourth-order valence-corrected chi connectivity index (χ4v) is 2.63. The van der Waals surface area contributed by atoms with Crippen LogP contribution in [0.2, 0.25) is 0 Å². The fourth-order valence-electron chi connectivity index (χ4n) is 2.22. The van der Waals surface area contributed by atoms with Gasteiger partial charge < -0.3 is 15.0 Å². The van der Waals surface area contributed by atoms with Crippen molar-refractivity contribution < 1.29 is 9.53 Å². The molecule has 0 saturated carbocycles. The summed E-state index contributed by atoms with van der Waals surface area (Å²) in [6, 6.07) is 8.60. The molecule has 0 unspecified atom stereocenters. The van der Waals surface area contributed by atoms with Gasteiger partial charge in [0.05, 0.1) is 7.11 Å². The van der Waals surface area contributed by atoms with Crippen molar-refractivity contribution in [2.75, 3.05) is 33.5 Å². The summed E-state index contributed by atoms with van der Waals surface area (Å²) in [6.07, 6.45) is 4.22. The maximum absolute atomic E-state index is 11.1. The molecule has 0 saturated heterocycles. The van der Waals surface area contributed by atoms with E-state index in [1.165, 1.54) is 17.6 Å². The molecule has 0 aliphatic carbocycles. The number of nitrogens with zero attached hydrogens (tertiary/aromatic N) is 2. The van der Waals surface area contributed by atoms with Gasteiger partial charge in [0.2, 0.25) is 0 Å². The Morgan fingerprint density at radius 2 is 1.96 bits per heavy atom. The summed E-state index contributed by atoms with van der Waals surface area (Å²) in [5.41, 5.74) is 1.26. The van der Waals surface area contributed by atoms with E-state index in [-0.39, 0.29) is 29.9 Å². The van der Waals surface area contributed by atoms with Gasteiger partial charge in [-0.2, -0.15) is 0 Å². The van der Waals surface area contributed by atoms with Crippen LogP contribution >= 0.6 is 35.7 Å². The van der Waals surface area contributed by atoms with Gasteiger partial charge in [-0.05, 0) is 43.7 Å². The van der Waals surface area contributed by atoms with Crippen molar-refractivity contribution in [3.63, 3.8) is 0 Å². The van der Waals surface area contributed by atoms with Crippen LogP contribution in [0.5, 0.6) is 0 Å². The molecular formula is C18H30IN3O2S. The van der Waals surface area contributed by atoms with Crippen molar-refractivity contribution in [3.8, 4) is 0 Å². The molecule has 1 aromatic rings. The zero-order chi connectivity index (χ0) is 17.8. The maximum Gasteiger partial charge on any atom is 0.305 e. The van der Waals surface area contributed by atoms with Crippen LogP contribution < -0.4 is 5.32 Å². The van der Waals surface area contributed by atoms with Crippen LogP contribution in [0.3, 0.4) is 0 Å². The van der Waals surface area contributed by atoms with E-state index in [2.05, 4.69) is 57.4 Å². The lowest BCUT2D eigenvalue weighted by Crippen LogP contribution is -2.38. The molecule has 5 nitrogen and oxygen atoms in total. The number of esters is 1. The predicted molar refractivity (Wildman–Crippen MR) is 117 cm³/mol. The van der Waals surface area contributed by atoms with E-state index in [1.54, 1.807) is 11.8 Å². The fraction of sp³-hybridized carbons (Fsp3) is 0.556. The number of hydrogen-bond acceptors (Lipinski definition) is 4. The Kier molecular flexibility index (Phi) is 13.7. The minimum atomic E-state index is -0.156. The minimum Gasteiger partial charge on any atom is -0.469 e.